The number of rotatable bonds is 5. The lowest BCUT2D eigenvalue weighted by Crippen LogP contribution is -2.60. The molecule has 27 heavy (non-hydrogen) atoms. The lowest BCUT2D eigenvalue weighted by atomic mass is 9.75. The van der Waals surface area contributed by atoms with E-state index in [-0.39, 0.29) is 0 Å². The van der Waals surface area contributed by atoms with Gasteiger partial charge >= 0.3 is 11.9 Å². The molecule has 0 amide bonds. The fourth-order valence-corrected chi connectivity index (χ4v) is 3.44. The van der Waals surface area contributed by atoms with Crippen LogP contribution in [0.2, 0.25) is 0 Å². The van der Waals surface area contributed by atoms with Crippen LogP contribution in [0.4, 0.5) is 0 Å². The van der Waals surface area contributed by atoms with Gasteiger partial charge < -0.3 is 20.2 Å². The van der Waals surface area contributed by atoms with Crippen LogP contribution in [0.25, 0.3) is 10.9 Å². The summed E-state index contributed by atoms with van der Waals surface area (Å²) in [5, 5.41) is 0.866. The van der Waals surface area contributed by atoms with Crippen LogP contribution in [0, 0.1) is 6.92 Å². The quantitative estimate of drug-likeness (QED) is 0.535. The van der Waals surface area contributed by atoms with Crippen molar-refractivity contribution in [2.24, 2.45) is 5.73 Å². The van der Waals surface area contributed by atoms with Crippen molar-refractivity contribution in [1.29, 1.82) is 0 Å². The van der Waals surface area contributed by atoms with Crippen molar-refractivity contribution < 1.29 is 19.1 Å². The average Bonchev–Trinajstić information content (AvgIpc) is 3.11. The number of benzene rings is 2. The molecule has 2 aromatic carbocycles. The molecule has 6 heteroatoms. The summed E-state index contributed by atoms with van der Waals surface area (Å²) >= 11 is 0. The third-order valence-electron chi connectivity index (χ3n) is 4.84. The maximum atomic E-state index is 12.7. The molecule has 3 N–H and O–H groups in total. The van der Waals surface area contributed by atoms with E-state index >= 15 is 0 Å². The maximum Gasteiger partial charge on any atom is 0.338 e. The highest BCUT2D eigenvalue weighted by Crippen LogP contribution is 2.39. The van der Waals surface area contributed by atoms with Gasteiger partial charge in [0, 0.05) is 17.1 Å². The van der Waals surface area contributed by atoms with Crippen LogP contribution in [0.5, 0.6) is 0 Å². The minimum Gasteiger partial charge on any atom is -0.467 e. The normalized spacial score (nSPS) is 12.6. The summed E-state index contributed by atoms with van der Waals surface area (Å²) in [4.78, 5) is 28.6. The number of esters is 2. The largest absolute Gasteiger partial charge is 0.467 e. The number of hydrogen-bond acceptors (Lipinski definition) is 5. The molecule has 140 valence electrons. The van der Waals surface area contributed by atoms with Crippen molar-refractivity contribution in [3.63, 3.8) is 0 Å². The molecule has 3 aromatic rings. The first-order valence-corrected chi connectivity index (χ1v) is 8.51. The van der Waals surface area contributed by atoms with Crippen LogP contribution >= 0.6 is 0 Å². The number of methoxy groups -OCH3 is 2. The Labute approximate surface area is 157 Å². The van der Waals surface area contributed by atoms with Gasteiger partial charge in [-0.25, -0.2) is 9.59 Å². The highest BCUT2D eigenvalue weighted by atomic mass is 16.5. The van der Waals surface area contributed by atoms with Crippen LogP contribution in [0.1, 0.15) is 22.6 Å². The van der Waals surface area contributed by atoms with Gasteiger partial charge in [-0.1, -0.05) is 48.0 Å². The summed E-state index contributed by atoms with van der Waals surface area (Å²) in [6.07, 6.45) is 1.77. The Hall–Kier alpha value is -3.12. The number of para-hydroxylation sites is 1. The SMILES string of the molecule is COC(=O)C(N)(C(=O)OC)[C@@H](c1ccc(C)cc1)c1c[nH]c2ccccc12. The summed E-state index contributed by atoms with van der Waals surface area (Å²) in [6.45, 7) is 1.96. The molecule has 1 atom stereocenters. The predicted molar refractivity (Wildman–Crippen MR) is 102 cm³/mol. The molecule has 0 bridgehead atoms. The van der Waals surface area contributed by atoms with E-state index < -0.39 is 23.4 Å². The van der Waals surface area contributed by atoms with Gasteiger partial charge in [0.15, 0.2) is 0 Å². The molecule has 0 saturated heterocycles. The molecule has 6 nitrogen and oxygen atoms in total. The van der Waals surface area contributed by atoms with Gasteiger partial charge in [0.1, 0.15) is 0 Å². The van der Waals surface area contributed by atoms with Gasteiger partial charge in [0.2, 0.25) is 5.54 Å². The van der Waals surface area contributed by atoms with Gasteiger partial charge in [0.25, 0.3) is 0 Å². The zero-order valence-corrected chi connectivity index (χ0v) is 15.5. The summed E-state index contributed by atoms with van der Waals surface area (Å²) in [6, 6.07) is 15.2. The van der Waals surface area contributed by atoms with E-state index in [0.29, 0.717) is 11.1 Å². The van der Waals surface area contributed by atoms with E-state index in [0.717, 1.165) is 16.5 Å². The Balaban J connectivity index is 2.31. The van der Waals surface area contributed by atoms with Gasteiger partial charge in [-0.15, -0.1) is 0 Å². The summed E-state index contributed by atoms with van der Waals surface area (Å²) in [5.74, 6) is -2.51. The van der Waals surface area contributed by atoms with Crippen molar-refractivity contribution >= 4 is 22.8 Å². The number of aromatic nitrogens is 1. The summed E-state index contributed by atoms with van der Waals surface area (Å²) in [5.41, 5.74) is 7.76. The molecule has 1 aromatic heterocycles. The minimum absolute atomic E-state index is 0.712. The highest BCUT2D eigenvalue weighted by Gasteiger charge is 2.53. The first kappa shape index (κ1) is 18.7. The fraction of sp³-hybridized carbons (Fsp3) is 0.238. The Kier molecular flexibility index (Phi) is 5.01. The van der Waals surface area contributed by atoms with Crippen LogP contribution in [0.15, 0.2) is 54.7 Å². The number of aromatic amines is 1. The first-order chi connectivity index (χ1) is 12.9. The van der Waals surface area contributed by atoms with Gasteiger partial charge in [-0.3, -0.25) is 0 Å². The third kappa shape index (κ3) is 3.08. The average molecular weight is 366 g/mol. The number of nitrogens with one attached hydrogen (secondary N) is 1. The van der Waals surface area contributed by atoms with Crippen molar-refractivity contribution in [3.8, 4) is 0 Å². The second-order valence-electron chi connectivity index (χ2n) is 6.49. The molecule has 0 aliphatic carbocycles. The maximum absolute atomic E-state index is 12.7. The van der Waals surface area contributed by atoms with Crippen molar-refractivity contribution in [2.45, 2.75) is 18.4 Å². The molecule has 0 saturated carbocycles. The number of carbonyl (C=O) groups is 2. The van der Waals surface area contributed by atoms with Crippen molar-refractivity contribution in [3.05, 3.63) is 71.4 Å². The van der Waals surface area contributed by atoms with Crippen LogP contribution in [0.3, 0.4) is 0 Å². The molecule has 0 aliphatic rings. The minimum atomic E-state index is -2.04. The molecule has 0 fully saturated rings. The Morgan fingerprint density at radius 3 is 2.19 bits per heavy atom. The smallest absolute Gasteiger partial charge is 0.338 e. The number of nitrogens with two attached hydrogens (primary N) is 1. The van der Waals surface area contributed by atoms with Crippen LogP contribution in [-0.2, 0) is 19.1 Å². The van der Waals surface area contributed by atoms with E-state index in [9.17, 15) is 9.59 Å². The Bertz CT molecular complexity index is 959. The second-order valence-corrected chi connectivity index (χ2v) is 6.49. The molecular formula is C21H22N2O4. The van der Waals surface area contributed by atoms with Crippen LogP contribution in [-0.4, -0.2) is 36.7 Å². The zero-order valence-electron chi connectivity index (χ0n) is 15.5. The van der Waals surface area contributed by atoms with Gasteiger partial charge in [-0.05, 0) is 24.1 Å². The number of ether oxygens (including phenoxy) is 2. The van der Waals surface area contributed by atoms with Crippen LogP contribution < -0.4 is 5.73 Å². The van der Waals surface area contributed by atoms with E-state index in [1.54, 1.807) is 6.20 Å². The number of aryl methyl sites for hydroxylation is 1. The summed E-state index contributed by atoms with van der Waals surface area (Å²) < 4.78 is 9.80. The third-order valence-corrected chi connectivity index (χ3v) is 4.84. The number of hydrogen-bond donors (Lipinski definition) is 2. The van der Waals surface area contributed by atoms with E-state index in [1.165, 1.54) is 14.2 Å². The first-order valence-electron chi connectivity index (χ1n) is 8.51. The molecule has 0 radical (unpaired) electrons. The van der Waals surface area contributed by atoms with Crippen molar-refractivity contribution in [2.75, 3.05) is 14.2 Å². The molecule has 0 aliphatic heterocycles. The van der Waals surface area contributed by atoms with Gasteiger partial charge in [-0.2, -0.15) is 0 Å². The molecule has 0 spiro atoms. The zero-order chi connectivity index (χ0) is 19.6. The standard InChI is InChI=1S/C21H22N2O4/c1-13-8-10-14(11-9-13)18(21(22,19(24)26-2)20(25)27-3)16-12-23-17-7-5-4-6-15(16)17/h4-12,18,23H,22H2,1-3H3/t18-/m0/s1. The molecule has 3 rings (SSSR count). The molecular weight excluding hydrogens is 344 g/mol. The Morgan fingerprint density at radius 2 is 1.59 bits per heavy atom. The van der Waals surface area contributed by atoms with E-state index in [1.807, 2.05) is 55.5 Å². The monoisotopic (exact) mass is 366 g/mol. The Morgan fingerprint density at radius 1 is 1.00 bits per heavy atom. The summed E-state index contributed by atoms with van der Waals surface area (Å²) in [7, 11) is 2.41. The lowest BCUT2D eigenvalue weighted by Gasteiger charge is -2.32. The topological polar surface area (TPSA) is 94.4 Å². The number of carbonyl (C=O) groups excluding carboxylic acids is 2. The predicted octanol–water partition coefficient (Wildman–Crippen LogP) is 2.65. The highest BCUT2D eigenvalue weighted by molar-refractivity contribution is 6.07. The second kappa shape index (κ2) is 7.25. The van der Waals surface area contributed by atoms with Gasteiger partial charge in [0.05, 0.1) is 20.1 Å². The van der Waals surface area contributed by atoms with E-state index in [4.69, 9.17) is 15.2 Å². The van der Waals surface area contributed by atoms with E-state index in [2.05, 4.69) is 4.98 Å². The number of fused-ring (bicyclic) bond motifs is 1. The van der Waals surface area contributed by atoms with Crippen molar-refractivity contribution in [1.82, 2.24) is 4.98 Å². The fourth-order valence-electron chi connectivity index (χ4n) is 3.44. The molecule has 0 unspecified atom stereocenters. The number of H-pyrrole nitrogens is 1. The lowest BCUT2D eigenvalue weighted by molar-refractivity contribution is -0.162. The molecule has 1 heterocycles.